The molecule has 1 aliphatic heterocycles. The summed E-state index contributed by atoms with van der Waals surface area (Å²) in [6.07, 6.45) is 1.62. The topological polar surface area (TPSA) is 39.2 Å². The van der Waals surface area contributed by atoms with Crippen LogP contribution in [0, 0.1) is 0 Å². The quantitative estimate of drug-likeness (QED) is 0.594. The third kappa shape index (κ3) is 2.69. The van der Waals surface area contributed by atoms with Crippen molar-refractivity contribution in [1.29, 1.82) is 0 Å². The lowest BCUT2D eigenvalue weighted by molar-refractivity contribution is 0.0843. The number of hydrogen-bond acceptors (Lipinski definition) is 3. The Morgan fingerprint density at radius 2 is 1.95 bits per heavy atom. The summed E-state index contributed by atoms with van der Waals surface area (Å²) in [6.45, 7) is 0. The summed E-state index contributed by atoms with van der Waals surface area (Å²) >= 11 is 10.2. The van der Waals surface area contributed by atoms with Crippen LogP contribution < -0.4 is 4.74 Å². The van der Waals surface area contributed by atoms with Crippen LogP contribution >= 0.6 is 47.8 Å². The van der Waals surface area contributed by atoms with E-state index in [1.54, 1.807) is 12.3 Å². The number of ketones is 1. The highest BCUT2D eigenvalue weighted by Crippen LogP contribution is 2.38. The summed E-state index contributed by atoms with van der Waals surface area (Å²) in [4.78, 5) is 16.6. The molecule has 0 spiro atoms. The summed E-state index contributed by atoms with van der Waals surface area (Å²) in [5.74, 6) is 0.664. The molecule has 0 amide bonds. The number of halogens is 3. The van der Waals surface area contributed by atoms with Crippen molar-refractivity contribution >= 4 is 53.6 Å². The van der Waals surface area contributed by atoms with Crippen molar-refractivity contribution in [3.63, 3.8) is 0 Å². The molecule has 102 valence electrons. The van der Waals surface area contributed by atoms with E-state index < -0.39 is 0 Å². The fourth-order valence-corrected chi connectivity index (χ4v) is 3.69. The van der Waals surface area contributed by atoms with Gasteiger partial charge in [-0.05, 0) is 56.1 Å². The van der Waals surface area contributed by atoms with Gasteiger partial charge >= 0.3 is 0 Å². The molecule has 20 heavy (non-hydrogen) atoms. The average Bonchev–Trinajstić information content (AvgIpc) is 2.37. The number of nitrogens with zero attached hydrogens (tertiary/aromatic N) is 1. The normalized spacial score (nSPS) is 17.6. The van der Waals surface area contributed by atoms with E-state index in [1.165, 1.54) is 0 Å². The first-order chi connectivity index (χ1) is 9.54. The van der Waals surface area contributed by atoms with Crippen molar-refractivity contribution < 1.29 is 9.53 Å². The van der Waals surface area contributed by atoms with Crippen LogP contribution in [-0.4, -0.2) is 10.8 Å². The maximum Gasteiger partial charge on any atom is 0.170 e. The molecule has 1 aliphatic rings. The van der Waals surface area contributed by atoms with Crippen LogP contribution in [0.15, 0.2) is 43.9 Å². The van der Waals surface area contributed by atoms with Crippen LogP contribution in [0.25, 0.3) is 0 Å². The highest BCUT2D eigenvalue weighted by molar-refractivity contribution is 9.11. The summed E-state index contributed by atoms with van der Waals surface area (Å²) in [5, 5.41) is 0. The van der Waals surface area contributed by atoms with Gasteiger partial charge in [-0.2, -0.15) is 0 Å². The minimum Gasteiger partial charge on any atom is -0.483 e. The van der Waals surface area contributed by atoms with E-state index in [0.29, 0.717) is 17.7 Å². The minimum absolute atomic E-state index is 0.0698. The molecule has 1 aromatic heterocycles. The minimum atomic E-state index is -0.369. The van der Waals surface area contributed by atoms with Crippen LogP contribution in [0.1, 0.15) is 28.6 Å². The Bertz CT molecular complexity index is 703. The van der Waals surface area contributed by atoms with E-state index in [0.717, 1.165) is 19.1 Å². The Labute approximate surface area is 141 Å². The molecule has 3 nitrogen and oxygen atoms in total. The Kier molecular flexibility index (Phi) is 3.97. The van der Waals surface area contributed by atoms with Crippen molar-refractivity contribution in [1.82, 2.24) is 4.98 Å². The molecule has 0 bridgehead atoms. The number of carbonyl (C=O) groups excluding carboxylic acids is 1. The number of Topliss-reactive ketones (excluding diaryl/α,β-unsaturated/α-hetero) is 1. The number of hydrogen-bond donors (Lipinski definition) is 0. The molecule has 0 saturated heterocycles. The summed E-state index contributed by atoms with van der Waals surface area (Å²) in [6, 6.07) is 7.33. The smallest absolute Gasteiger partial charge is 0.170 e. The first-order valence-electron chi connectivity index (χ1n) is 5.85. The predicted molar refractivity (Wildman–Crippen MR) is 86.1 cm³/mol. The van der Waals surface area contributed by atoms with E-state index in [9.17, 15) is 4.79 Å². The van der Waals surface area contributed by atoms with Gasteiger partial charge in [-0.1, -0.05) is 15.9 Å². The Morgan fingerprint density at radius 1 is 1.15 bits per heavy atom. The van der Waals surface area contributed by atoms with Crippen LogP contribution in [0.3, 0.4) is 0 Å². The van der Waals surface area contributed by atoms with Crippen molar-refractivity contribution in [2.75, 3.05) is 0 Å². The molecule has 0 fully saturated rings. The average molecular weight is 462 g/mol. The molecule has 2 aromatic rings. The lowest BCUT2D eigenvalue weighted by atomic mass is 9.99. The van der Waals surface area contributed by atoms with Gasteiger partial charge in [-0.15, -0.1) is 0 Å². The Morgan fingerprint density at radius 3 is 2.70 bits per heavy atom. The van der Waals surface area contributed by atoms with E-state index >= 15 is 0 Å². The summed E-state index contributed by atoms with van der Waals surface area (Å²) in [7, 11) is 0. The van der Waals surface area contributed by atoms with Crippen molar-refractivity contribution in [3.05, 3.63) is 55.1 Å². The van der Waals surface area contributed by atoms with E-state index in [2.05, 4.69) is 52.8 Å². The molecule has 1 atom stereocenters. The second-order valence-electron chi connectivity index (χ2n) is 4.39. The van der Waals surface area contributed by atoms with Crippen molar-refractivity contribution in [3.8, 4) is 5.75 Å². The number of carbonyl (C=O) groups is 1. The predicted octanol–water partition coefficient (Wildman–Crippen LogP) is 5.08. The largest absolute Gasteiger partial charge is 0.483 e. The molecule has 0 aliphatic carbocycles. The maximum absolute atomic E-state index is 12.2. The molecule has 0 saturated carbocycles. The van der Waals surface area contributed by atoms with Gasteiger partial charge in [0.15, 0.2) is 5.78 Å². The zero-order chi connectivity index (χ0) is 14.3. The van der Waals surface area contributed by atoms with Gasteiger partial charge in [-0.3, -0.25) is 9.78 Å². The maximum atomic E-state index is 12.2. The van der Waals surface area contributed by atoms with Crippen LogP contribution in [0.5, 0.6) is 5.75 Å². The standard InChI is InChI=1S/C14H8Br3NO2/c15-7-1-2-9-11(19)5-13(20-12(9)4-7)14-10(17)3-8(16)6-18-14/h1-4,6,13H,5H2. The Balaban J connectivity index is 2.00. The zero-order valence-corrected chi connectivity index (χ0v) is 14.8. The second kappa shape index (κ2) is 5.58. The molecular weight excluding hydrogens is 454 g/mol. The van der Waals surface area contributed by atoms with E-state index in [1.807, 2.05) is 18.2 Å². The molecule has 0 radical (unpaired) electrons. The first-order valence-corrected chi connectivity index (χ1v) is 8.23. The summed E-state index contributed by atoms with van der Waals surface area (Å²) in [5.41, 5.74) is 1.35. The van der Waals surface area contributed by atoms with Gasteiger partial charge < -0.3 is 4.74 Å². The van der Waals surface area contributed by atoms with Crippen LogP contribution in [0.2, 0.25) is 0 Å². The molecule has 6 heteroatoms. The van der Waals surface area contributed by atoms with Crippen LogP contribution in [0.4, 0.5) is 0 Å². The number of ether oxygens (including phenoxy) is 1. The van der Waals surface area contributed by atoms with Crippen molar-refractivity contribution in [2.24, 2.45) is 0 Å². The third-order valence-electron chi connectivity index (χ3n) is 3.03. The van der Waals surface area contributed by atoms with Gasteiger partial charge in [0.05, 0.1) is 17.7 Å². The van der Waals surface area contributed by atoms with Crippen molar-refractivity contribution in [2.45, 2.75) is 12.5 Å². The number of pyridine rings is 1. The molecular formula is C14H8Br3NO2. The Hall–Kier alpha value is -0.720. The van der Waals surface area contributed by atoms with E-state index in [4.69, 9.17) is 4.74 Å². The van der Waals surface area contributed by atoms with Gasteiger partial charge in [0.2, 0.25) is 0 Å². The molecule has 2 heterocycles. The zero-order valence-electron chi connectivity index (χ0n) is 10.1. The monoisotopic (exact) mass is 459 g/mol. The van der Waals surface area contributed by atoms with Gasteiger partial charge in [0.1, 0.15) is 11.9 Å². The molecule has 3 rings (SSSR count). The molecule has 0 N–H and O–H groups in total. The van der Waals surface area contributed by atoms with E-state index in [-0.39, 0.29) is 11.9 Å². The summed E-state index contributed by atoms with van der Waals surface area (Å²) < 4.78 is 8.51. The SMILES string of the molecule is O=C1CC(c2ncc(Br)cc2Br)Oc2cc(Br)ccc21. The van der Waals surface area contributed by atoms with Gasteiger partial charge in [0, 0.05) is 19.6 Å². The first kappa shape index (κ1) is 14.2. The highest BCUT2D eigenvalue weighted by atomic mass is 79.9. The third-order valence-corrected chi connectivity index (χ3v) is 4.59. The fourth-order valence-electron chi connectivity index (χ4n) is 2.11. The number of fused-ring (bicyclic) bond motifs is 1. The van der Waals surface area contributed by atoms with Gasteiger partial charge in [-0.25, -0.2) is 0 Å². The second-order valence-corrected chi connectivity index (χ2v) is 7.08. The fraction of sp³-hybridized carbons (Fsp3) is 0.143. The van der Waals surface area contributed by atoms with Gasteiger partial charge in [0.25, 0.3) is 0 Å². The lowest BCUT2D eigenvalue weighted by Crippen LogP contribution is -2.21. The number of benzene rings is 1. The number of rotatable bonds is 1. The number of aromatic nitrogens is 1. The van der Waals surface area contributed by atoms with Crippen LogP contribution in [-0.2, 0) is 0 Å². The highest BCUT2D eigenvalue weighted by Gasteiger charge is 2.29. The molecule has 1 unspecified atom stereocenters. The molecule has 1 aromatic carbocycles. The lowest BCUT2D eigenvalue weighted by Gasteiger charge is -2.25.